The van der Waals surface area contributed by atoms with Gasteiger partial charge in [-0.15, -0.1) is 11.3 Å². The van der Waals surface area contributed by atoms with E-state index < -0.39 is 26.8 Å². The average Bonchev–Trinajstić information content (AvgIpc) is 3.34. The number of benzene rings is 1. The third-order valence-electron chi connectivity index (χ3n) is 5.71. The molecule has 146 valence electrons. The second-order valence-electron chi connectivity index (χ2n) is 7.22. The van der Waals surface area contributed by atoms with E-state index in [-0.39, 0.29) is 10.8 Å². The molecule has 0 spiro atoms. The summed E-state index contributed by atoms with van der Waals surface area (Å²) in [5.74, 6) is -0.503. The van der Waals surface area contributed by atoms with Crippen LogP contribution < -0.4 is 5.32 Å². The summed E-state index contributed by atoms with van der Waals surface area (Å²) >= 11 is 1.41. The van der Waals surface area contributed by atoms with Crippen molar-refractivity contribution in [2.75, 3.05) is 18.4 Å². The molecule has 1 saturated heterocycles. The summed E-state index contributed by atoms with van der Waals surface area (Å²) in [6.45, 7) is 1.22. The van der Waals surface area contributed by atoms with Crippen molar-refractivity contribution in [2.24, 2.45) is 5.92 Å². The maximum absolute atomic E-state index is 13.5. The van der Waals surface area contributed by atoms with Crippen LogP contribution in [0, 0.1) is 11.7 Å². The molecule has 27 heavy (non-hydrogen) atoms. The molecule has 9 heteroatoms. The van der Waals surface area contributed by atoms with Gasteiger partial charge in [0, 0.05) is 13.1 Å². The predicted octanol–water partition coefficient (Wildman–Crippen LogP) is 2.69. The Morgan fingerprint density at radius 2 is 2.07 bits per heavy atom. The normalized spacial score (nSPS) is 21.7. The first-order valence-electron chi connectivity index (χ1n) is 9.00. The highest BCUT2D eigenvalue weighted by molar-refractivity contribution is 7.93. The summed E-state index contributed by atoms with van der Waals surface area (Å²) in [5.41, 5.74) is 1.69. The summed E-state index contributed by atoms with van der Waals surface area (Å²) < 4.78 is 39.1. The van der Waals surface area contributed by atoms with Crippen LogP contribution in [0.4, 0.5) is 9.39 Å². The molecular formula is C18H22FN3O3S2. The molecule has 2 fully saturated rings. The quantitative estimate of drug-likeness (QED) is 0.712. The summed E-state index contributed by atoms with van der Waals surface area (Å²) in [5, 5.41) is 14.1. The number of likely N-dealkylation sites (tertiary alicyclic amines) is 1. The van der Waals surface area contributed by atoms with Gasteiger partial charge in [0.15, 0.2) is 16.2 Å². The van der Waals surface area contributed by atoms with Crippen LogP contribution in [0.5, 0.6) is 0 Å². The molecule has 0 bridgehead atoms. The minimum atomic E-state index is -3.57. The average molecular weight is 412 g/mol. The van der Waals surface area contributed by atoms with Gasteiger partial charge in [-0.25, -0.2) is 12.8 Å². The minimum Gasteiger partial charge on any atom is -0.361 e. The summed E-state index contributed by atoms with van der Waals surface area (Å²) in [6.07, 6.45) is 3.47. The summed E-state index contributed by atoms with van der Waals surface area (Å²) in [4.78, 5) is 5.95. The van der Waals surface area contributed by atoms with Gasteiger partial charge in [-0.05, 0) is 49.8 Å². The molecule has 1 atom stereocenters. The predicted molar refractivity (Wildman–Crippen MR) is 102 cm³/mol. The van der Waals surface area contributed by atoms with Crippen molar-refractivity contribution in [1.29, 1.82) is 0 Å². The number of aromatic nitrogens is 1. The molecule has 1 unspecified atom stereocenters. The van der Waals surface area contributed by atoms with E-state index in [1.165, 1.54) is 29.5 Å². The smallest absolute Gasteiger partial charge is 0.184 e. The molecule has 4 rings (SSSR count). The van der Waals surface area contributed by atoms with Crippen molar-refractivity contribution in [3.63, 3.8) is 0 Å². The van der Waals surface area contributed by atoms with Gasteiger partial charge in [0.05, 0.1) is 21.3 Å². The van der Waals surface area contributed by atoms with E-state index in [2.05, 4.69) is 10.3 Å². The third-order valence-corrected chi connectivity index (χ3v) is 9.10. The lowest BCUT2D eigenvalue weighted by molar-refractivity contribution is 0.00234. The lowest BCUT2D eigenvalue weighted by Gasteiger charge is -2.38. The van der Waals surface area contributed by atoms with E-state index in [4.69, 9.17) is 0 Å². The number of aliphatic hydroxyl groups excluding tert-OH is 1. The highest BCUT2D eigenvalue weighted by atomic mass is 32.2. The van der Waals surface area contributed by atoms with Gasteiger partial charge in [0.25, 0.3) is 0 Å². The molecular weight excluding hydrogens is 389 g/mol. The number of halogens is 1. The molecule has 2 aromatic rings. The monoisotopic (exact) mass is 411 g/mol. The molecule has 1 aromatic heterocycles. The fourth-order valence-electron chi connectivity index (χ4n) is 4.06. The first-order valence-corrected chi connectivity index (χ1v) is 11.4. The minimum absolute atomic E-state index is 0.0256. The highest BCUT2D eigenvalue weighted by Crippen LogP contribution is 2.55. The number of hydrogen-bond donors (Lipinski definition) is 2. The maximum Gasteiger partial charge on any atom is 0.184 e. The van der Waals surface area contributed by atoms with Gasteiger partial charge >= 0.3 is 0 Å². The molecule has 1 aromatic carbocycles. The van der Waals surface area contributed by atoms with Crippen molar-refractivity contribution in [2.45, 2.75) is 41.7 Å². The Hall–Kier alpha value is -1.55. The SMILES string of the molecule is O=S(=O)(c1cccc(F)c1)C1(C2CCN(C(O)Nc3cncs3)CC2)CC1. The molecule has 0 amide bonds. The zero-order valence-corrected chi connectivity index (χ0v) is 16.3. The molecule has 6 nitrogen and oxygen atoms in total. The van der Waals surface area contributed by atoms with Crippen LogP contribution in [0.15, 0.2) is 40.9 Å². The Bertz CT molecular complexity index is 892. The van der Waals surface area contributed by atoms with Crippen molar-refractivity contribution in [3.8, 4) is 0 Å². The molecule has 2 aliphatic rings. The van der Waals surface area contributed by atoms with E-state index in [1.807, 2.05) is 4.90 Å². The summed E-state index contributed by atoms with van der Waals surface area (Å²) in [6, 6.07) is 5.31. The molecule has 1 saturated carbocycles. The number of piperidine rings is 1. The number of hydrogen-bond acceptors (Lipinski definition) is 7. The standard InChI is InChI=1S/C18H22FN3O3S2/c19-14-2-1-3-15(10-14)27(24,25)18(6-7-18)13-4-8-22(9-5-13)17(23)21-16-11-20-12-26-16/h1-3,10-13,17,21,23H,4-9H2. The Kier molecular flexibility index (Phi) is 4.96. The zero-order chi connectivity index (χ0) is 19.1. The van der Waals surface area contributed by atoms with Gasteiger partial charge in [0.1, 0.15) is 10.8 Å². The second-order valence-corrected chi connectivity index (χ2v) is 10.4. The van der Waals surface area contributed by atoms with Crippen LogP contribution in [0.2, 0.25) is 0 Å². The lowest BCUT2D eigenvalue weighted by atomic mass is 9.91. The Morgan fingerprint density at radius 3 is 2.67 bits per heavy atom. The number of rotatable bonds is 6. The van der Waals surface area contributed by atoms with E-state index in [9.17, 15) is 17.9 Å². The number of anilines is 1. The van der Waals surface area contributed by atoms with Crippen LogP contribution in [0.3, 0.4) is 0 Å². The van der Waals surface area contributed by atoms with Crippen molar-refractivity contribution < 1.29 is 17.9 Å². The van der Waals surface area contributed by atoms with Crippen molar-refractivity contribution >= 4 is 26.2 Å². The van der Waals surface area contributed by atoms with Gasteiger partial charge < -0.3 is 10.4 Å². The van der Waals surface area contributed by atoms with Crippen LogP contribution >= 0.6 is 11.3 Å². The first-order chi connectivity index (χ1) is 12.9. The molecule has 0 radical (unpaired) electrons. The topological polar surface area (TPSA) is 82.5 Å². The summed E-state index contributed by atoms with van der Waals surface area (Å²) in [7, 11) is -3.57. The number of nitrogens with one attached hydrogen (secondary N) is 1. The van der Waals surface area contributed by atoms with Gasteiger partial charge in [-0.3, -0.25) is 9.88 Å². The van der Waals surface area contributed by atoms with Gasteiger partial charge in [-0.1, -0.05) is 6.07 Å². The fraction of sp³-hybridized carbons (Fsp3) is 0.500. The Labute approximate surface area is 162 Å². The Morgan fingerprint density at radius 1 is 1.33 bits per heavy atom. The molecule has 2 N–H and O–H groups in total. The number of nitrogens with zero attached hydrogens (tertiary/aromatic N) is 2. The molecule has 1 aliphatic carbocycles. The van der Waals surface area contributed by atoms with Crippen LogP contribution in [-0.2, 0) is 9.84 Å². The maximum atomic E-state index is 13.5. The van der Waals surface area contributed by atoms with E-state index in [0.29, 0.717) is 38.8 Å². The van der Waals surface area contributed by atoms with E-state index in [0.717, 1.165) is 11.1 Å². The first kappa shape index (κ1) is 18.8. The van der Waals surface area contributed by atoms with Crippen LogP contribution in [0.25, 0.3) is 0 Å². The van der Waals surface area contributed by atoms with Crippen LogP contribution in [-0.4, -0.2) is 47.6 Å². The fourth-order valence-corrected chi connectivity index (χ4v) is 6.90. The number of aliphatic hydroxyl groups is 1. The van der Waals surface area contributed by atoms with Gasteiger partial charge in [0.2, 0.25) is 0 Å². The Balaban J connectivity index is 1.43. The zero-order valence-electron chi connectivity index (χ0n) is 14.7. The van der Waals surface area contributed by atoms with E-state index >= 15 is 0 Å². The van der Waals surface area contributed by atoms with Crippen molar-refractivity contribution in [3.05, 3.63) is 41.8 Å². The number of thiazole rings is 1. The third kappa shape index (κ3) is 3.49. The largest absolute Gasteiger partial charge is 0.361 e. The van der Waals surface area contributed by atoms with Gasteiger partial charge in [-0.2, -0.15) is 0 Å². The molecule has 2 heterocycles. The molecule has 1 aliphatic heterocycles. The number of sulfone groups is 1. The van der Waals surface area contributed by atoms with Crippen molar-refractivity contribution in [1.82, 2.24) is 9.88 Å². The highest BCUT2D eigenvalue weighted by Gasteiger charge is 2.60. The van der Waals surface area contributed by atoms with Crippen LogP contribution in [0.1, 0.15) is 25.7 Å². The lowest BCUT2D eigenvalue weighted by Crippen LogP contribution is -2.48. The second kappa shape index (κ2) is 7.12. The van der Waals surface area contributed by atoms with E-state index in [1.54, 1.807) is 11.7 Å².